The van der Waals surface area contributed by atoms with E-state index < -0.39 is 18.0 Å². The number of pyridine rings is 1. The fraction of sp³-hybridized carbons (Fsp3) is 0.524. The van der Waals surface area contributed by atoms with Crippen molar-refractivity contribution >= 4 is 11.7 Å². The Morgan fingerprint density at radius 3 is 2.84 bits per heavy atom. The monoisotopic (exact) mass is 437 g/mol. The quantitative estimate of drug-likeness (QED) is 0.650. The van der Waals surface area contributed by atoms with E-state index in [4.69, 9.17) is 0 Å². The number of rotatable bonds is 5. The lowest BCUT2D eigenvalue weighted by Crippen LogP contribution is -2.58. The Labute approximate surface area is 178 Å². The summed E-state index contributed by atoms with van der Waals surface area (Å²) in [7, 11) is 0. The molecule has 0 radical (unpaired) electrons. The van der Waals surface area contributed by atoms with Crippen LogP contribution in [0.3, 0.4) is 0 Å². The zero-order chi connectivity index (χ0) is 22.2. The molecule has 0 spiro atoms. The second-order valence-electron chi connectivity index (χ2n) is 8.20. The summed E-state index contributed by atoms with van der Waals surface area (Å²) in [4.78, 5) is 19.4. The summed E-state index contributed by atoms with van der Waals surface area (Å²) in [6, 6.07) is 2.51. The molecule has 1 amide bonds. The second kappa shape index (κ2) is 8.60. The maximum atomic E-state index is 12.7. The average molecular weight is 437 g/mol. The molecule has 1 aromatic heterocycles. The number of halogens is 3. The van der Waals surface area contributed by atoms with Crippen LogP contribution in [-0.4, -0.2) is 65.4 Å². The molecule has 0 saturated carbocycles. The van der Waals surface area contributed by atoms with Crippen molar-refractivity contribution in [3.05, 3.63) is 47.3 Å². The molecule has 2 aliphatic heterocycles. The van der Waals surface area contributed by atoms with Crippen LogP contribution in [0.2, 0.25) is 0 Å². The van der Waals surface area contributed by atoms with Gasteiger partial charge in [-0.15, -0.1) is 0 Å². The number of fused-ring (bicyclic) bond motifs is 1. The molecule has 3 atom stereocenters. The first-order valence-electron chi connectivity index (χ1n) is 10.4. The van der Waals surface area contributed by atoms with E-state index >= 15 is 0 Å². The number of piperazine rings is 1. The van der Waals surface area contributed by atoms with Crippen LogP contribution in [0.4, 0.5) is 19.0 Å². The largest absolute Gasteiger partial charge is 0.417 e. The summed E-state index contributed by atoms with van der Waals surface area (Å²) in [5.74, 6) is 0.510. The summed E-state index contributed by atoms with van der Waals surface area (Å²) in [5, 5.41) is 16.9. The Hall–Kier alpha value is -2.43. The number of allylic oxidation sites excluding steroid dienone is 1. The Balaban J connectivity index is 1.28. The van der Waals surface area contributed by atoms with Gasteiger partial charge in [0.15, 0.2) is 0 Å². The van der Waals surface area contributed by atoms with Crippen LogP contribution in [0, 0.1) is 0 Å². The van der Waals surface area contributed by atoms with Gasteiger partial charge in [-0.3, -0.25) is 9.69 Å². The topological polar surface area (TPSA) is 80.7 Å². The lowest BCUT2D eigenvalue weighted by atomic mass is 10.00. The van der Waals surface area contributed by atoms with Crippen molar-refractivity contribution in [3.63, 3.8) is 0 Å². The molecule has 3 heterocycles. The van der Waals surface area contributed by atoms with E-state index in [-0.39, 0.29) is 18.0 Å². The van der Waals surface area contributed by atoms with Crippen LogP contribution in [0.1, 0.15) is 25.3 Å². The van der Waals surface area contributed by atoms with Gasteiger partial charge in [-0.2, -0.15) is 13.2 Å². The summed E-state index contributed by atoms with van der Waals surface area (Å²) in [5.41, 5.74) is 1.13. The fourth-order valence-corrected chi connectivity index (χ4v) is 4.31. The Bertz CT molecular complexity index is 884. The Morgan fingerprint density at radius 2 is 2.16 bits per heavy atom. The number of aromatic nitrogens is 1. The number of hydrogen-bond acceptors (Lipinski definition) is 6. The highest BCUT2D eigenvalue weighted by Crippen LogP contribution is 2.30. The van der Waals surface area contributed by atoms with Crippen molar-refractivity contribution in [1.82, 2.24) is 20.5 Å². The molecular formula is C21H26F3N5O2. The predicted molar refractivity (Wildman–Crippen MR) is 109 cm³/mol. The second-order valence-corrected chi connectivity index (χ2v) is 8.20. The van der Waals surface area contributed by atoms with Gasteiger partial charge in [0.2, 0.25) is 5.91 Å². The minimum absolute atomic E-state index is 0.00232. The molecule has 168 valence electrons. The van der Waals surface area contributed by atoms with Crippen LogP contribution < -0.4 is 15.5 Å². The Kier molecular flexibility index (Phi) is 6.05. The third-order valence-electron chi connectivity index (χ3n) is 5.97. The number of nitrogens with zero attached hydrogens (tertiary/aromatic N) is 3. The maximum absolute atomic E-state index is 12.7. The fourth-order valence-electron chi connectivity index (χ4n) is 4.31. The van der Waals surface area contributed by atoms with Gasteiger partial charge in [0, 0.05) is 50.2 Å². The lowest BCUT2D eigenvalue weighted by molar-refractivity contribution is -0.137. The third-order valence-corrected chi connectivity index (χ3v) is 5.97. The number of alkyl halides is 3. The van der Waals surface area contributed by atoms with E-state index in [1.807, 2.05) is 28.9 Å². The minimum Gasteiger partial charge on any atom is -0.377 e. The highest BCUT2D eigenvalue weighted by Gasteiger charge is 2.32. The first-order valence-corrected chi connectivity index (χ1v) is 10.4. The smallest absolute Gasteiger partial charge is 0.377 e. The number of carbonyl (C=O) groups excluding carboxylic acids is 1. The van der Waals surface area contributed by atoms with Gasteiger partial charge in [-0.25, -0.2) is 4.98 Å². The van der Waals surface area contributed by atoms with Crippen molar-refractivity contribution in [2.75, 3.05) is 31.1 Å². The first kappa shape index (κ1) is 21.8. The number of amides is 1. The normalized spacial score (nSPS) is 25.6. The van der Waals surface area contributed by atoms with Gasteiger partial charge in [0.05, 0.1) is 12.0 Å². The standard InChI is InChI=1S/C21H26F3N5O2/c1-13-12-28(18-5-2-15(10-26-18)21(22,23)24)6-7-29(13)20(31)11-25-16-3-4-17-14(8-16)9-19(30)27-17/h2,4-5,8,10,13,16,20,25,31H,3,6-7,9,11-12H2,1H3,(H,27,30)/t13-,16?,20?/m1/s1. The third kappa shape index (κ3) is 4.91. The average Bonchev–Trinajstić information content (AvgIpc) is 3.10. The van der Waals surface area contributed by atoms with Crippen LogP contribution in [0.25, 0.3) is 0 Å². The summed E-state index contributed by atoms with van der Waals surface area (Å²) in [6.07, 6.45) is 0.949. The van der Waals surface area contributed by atoms with Crippen LogP contribution >= 0.6 is 0 Å². The molecule has 10 heteroatoms. The molecule has 2 unspecified atom stereocenters. The summed E-state index contributed by atoms with van der Waals surface area (Å²) < 4.78 is 38.2. The van der Waals surface area contributed by atoms with Gasteiger partial charge in [-0.1, -0.05) is 12.2 Å². The SMILES string of the molecule is C[C@@H]1CN(c2ccc(C(F)(F)F)cn2)CCN1C(O)CNC1C=C2CC(=O)NC2=CC1. The van der Waals surface area contributed by atoms with Crippen molar-refractivity contribution in [2.45, 2.75) is 44.3 Å². The molecule has 4 rings (SSSR count). The highest BCUT2D eigenvalue weighted by molar-refractivity contribution is 5.87. The number of hydrogen-bond donors (Lipinski definition) is 3. The van der Waals surface area contributed by atoms with E-state index in [0.29, 0.717) is 38.4 Å². The summed E-state index contributed by atoms with van der Waals surface area (Å²) >= 11 is 0. The number of carbonyl (C=O) groups is 1. The number of anilines is 1. The molecule has 1 aromatic rings. The van der Waals surface area contributed by atoms with E-state index in [1.54, 1.807) is 0 Å². The molecule has 7 nitrogen and oxygen atoms in total. The predicted octanol–water partition coefficient (Wildman–Crippen LogP) is 1.62. The van der Waals surface area contributed by atoms with Crippen molar-refractivity contribution in [1.29, 1.82) is 0 Å². The zero-order valence-electron chi connectivity index (χ0n) is 17.2. The van der Waals surface area contributed by atoms with Crippen LogP contribution in [0.5, 0.6) is 0 Å². The number of aliphatic hydroxyl groups excluding tert-OH is 1. The molecule has 31 heavy (non-hydrogen) atoms. The van der Waals surface area contributed by atoms with Crippen molar-refractivity contribution < 1.29 is 23.1 Å². The zero-order valence-corrected chi connectivity index (χ0v) is 17.2. The molecule has 0 bridgehead atoms. The van der Waals surface area contributed by atoms with E-state index in [0.717, 1.165) is 30.0 Å². The van der Waals surface area contributed by atoms with Gasteiger partial charge in [-0.05, 0) is 31.1 Å². The maximum Gasteiger partial charge on any atom is 0.417 e. The minimum atomic E-state index is -4.40. The van der Waals surface area contributed by atoms with Crippen molar-refractivity contribution in [2.24, 2.45) is 0 Å². The van der Waals surface area contributed by atoms with E-state index in [1.165, 1.54) is 6.07 Å². The Morgan fingerprint density at radius 1 is 1.35 bits per heavy atom. The van der Waals surface area contributed by atoms with Gasteiger partial charge in [0.25, 0.3) is 0 Å². The number of nitrogens with one attached hydrogen (secondary N) is 2. The van der Waals surface area contributed by atoms with Crippen molar-refractivity contribution in [3.8, 4) is 0 Å². The molecular weight excluding hydrogens is 411 g/mol. The first-order chi connectivity index (χ1) is 14.7. The molecule has 2 saturated heterocycles. The van der Waals surface area contributed by atoms with Gasteiger partial charge in [0.1, 0.15) is 12.0 Å². The van der Waals surface area contributed by atoms with E-state index in [2.05, 4.69) is 15.6 Å². The van der Waals surface area contributed by atoms with Gasteiger partial charge >= 0.3 is 6.18 Å². The lowest BCUT2D eigenvalue weighted by Gasteiger charge is -2.42. The van der Waals surface area contributed by atoms with Gasteiger partial charge < -0.3 is 20.6 Å². The number of aliphatic hydroxyl groups is 1. The van der Waals surface area contributed by atoms with Crippen LogP contribution in [0.15, 0.2) is 41.8 Å². The highest BCUT2D eigenvalue weighted by atomic mass is 19.4. The molecule has 2 fully saturated rings. The summed E-state index contributed by atoms with van der Waals surface area (Å²) in [6.45, 7) is 4.05. The molecule has 0 aromatic carbocycles. The van der Waals surface area contributed by atoms with E-state index in [9.17, 15) is 23.1 Å². The molecule has 3 aliphatic rings. The molecule has 1 aliphatic carbocycles. The molecule has 3 N–H and O–H groups in total. The van der Waals surface area contributed by atoms with Crippen LogP contribution in [-0.2, 0) is 11.0 Å².